The maximum absolute atomic E-state index is 5.89. The Morgan fingerprint density at radius 2 is 1.84 bits per heavy atom. The Hall–Kier alpha value is -2.13. The van der Waals surface area contributed by atoms with Gasteiger partial charge >= 0.3 is 0 Å². The van der Waals surface area contributed by atoms with Gasteiger partial charge in [0.05, 0.1) is 24.3 Å². The van der Waals surface area contributed by atoms with Gasteiger partial charge in [-0.05, 0) is 11.6 Å². The SMILES string of the molecule is COc1cc2ncc(Cl)nc2cc1-c1ccccc1. The van der Waals surface area contributed by atoms with E-state index in [4.69, 9.17) is 16.3 Å². The second-order valence-corrected chi connectivity index (χ2v) is 4.49. The molecule has 0 saturated heterocycles. The van der Waals surface area contributed by atoms with Gasteiger partial charge in [-0.25, -0.2) is 4.98 Å². The van der Waals surface area contributed by atoms with Gasteiger partial charge in [-0.15, -0.1) is 0 Å². The molecule has 0 bridgehead atoms. The van der Waals surface area contributed by atoms with E-state index in [-0.39, 0.29) is 0 Å². The van der Waals surface area contributed by atoms with E-state index in [2.05, 4.69) is 9.97 Å². The van der Waals surface area contributed by atoms with Crippen LogP contribution < -0.4 is 4.74 Å². The Balaban J connectivity index is 2.28. The normalized spacial score (nSPS) is 10.6. The van der Waals surface area contributed by atoms with Crippen LogP contribution in [0.15, 0.2) is 48.7 Å². The zero-order valence-corrected chi connectivity index (χ0v) is 11.1. The average Bonchev–Trinajstić information content (AvgIpc) is 2.46. The third-order valence-electron chi connectivity index (χ3n) is 2.92. The van der Waals surface area contributed by atoms with Crippen LogP contribution in [0, 0.1) is 0 Å². The second kappa shape index (κ2) is 4.86. The van der Waals surface area contributed by atoms with Gasteiger partial charge < -0.3 is 4.74 Å². The molecule has 3 nitrogen and oxygen atoms in total. The molecule has 0 aliphatic heterocycles. The van der Waals surface area contributed by atoms with Gasteiger partial charge in [0.1, 0.15) is 10.9 Å². The fourth-order valence-corrected chi connectivity index (χ4v) is 2.17. The molecule has 0 aliphatic carbocycles. The molecule has 0 unspecified atom stereocenters. The van der Waals surface area contributed by atoms with Gasteiger partial charge in [0.2, 0.25) is 0 Å². The molecule has 3 rings (SSSR count). The number of fused-ring (bicyclic) bond motifs is 1. The van der Waals surface area contributed by atoms with Crippen molar-refractivity contribution in [1.82, 2.24) is 9.97 Å². The van der Waals surface area contributed by atoms with E-state index in [0.29, 0.717) is 5.15 Å². The molecule has 0 amide bonds. The van der Waals surface area contributed by atoms with Gasteiger partial charge in [0, 0.05) is 11.6 Å². The van der Waals surface area contributed by atoms with Crippen molar-refractivity contribution in [2.45, 2.75) is 0 Å². The van der Waals surface area contributed by atoms with Crippen LogP contribution in [0.4, 0.5) is 0 Å². The molecular weight excluding hydrogens is 260 g/mol. The molecule has 0 saturated carbocycles. The number of aromatic nitrogens is 2. The monoisotopic (exact) mass is 270 g/mol. The summed E-state index contributed by atoms with van der Waals surface area (Å²) in [5, 5.41) is 0.386. The molecule has 94 valence electrons. The number of halogens is 1. The Morgan fingerprint density at radius 3 is 2.58 bits per heavy atom. The largest absolute Gasteiger partial charge is 0.496 e. The number of hydrogen-bond acceptors (Lipinski definition) is 3. The molecule has 0 radical (unpaired) electrons. The molecule has 1 heterocycles. The van der Waals surface area contributed by atoms with Crippen molar-refractivity contribution in [3.8, 4) is 16.9 Å². The van der Waals surface area contributed by atoms with E-state index in [0.717, 1.165) is 27.9 Å². The minimum Gasteiger partial charge on any atom is -0.496 e. The van der Waals surface area contributed by atoms with Crippen LogP contribution in [0.2, 0.25) is 5.15 Å². The lowest BCUT2D eigenvalue weighted by Crippen LogP contribution is -1.91. The second-order valence-electron chi connectivity index (χ2n) is 4.10. The molecule has 3 aromatic rings. The molecule has 0 aliphatic rings. The summed E-state index contributed by atoms with van der Waals surface area (Å²) in [5.74, 6) is 0.773. The number of nitrogens with zero attached hydrogens (tertiary/aromatic N) is 2. The van der Waals surface area contributed by atoms with E-state index in [9.17, 15) is 0 Å². The van der Waals surface area contributed by atoms with Crippen LogP contribution in [0.5, 0.6) is 5.75 Å². The summed E-state index contributed by atoms with van der Waals surface area (Å²) in [7, 11) is 1.65. The predicted octanol–water partition coefficient (Wildman–Crippen LogP) is 3.96. The maximum atomic E-state index is 5.89. The van der Waals surface area contributed by atoms with Crippen molar-refractivity contribution in [3.05, 3.63) is 53.8 Å². The van der Waals surface area contributed by atoms with Gasteiger partial charge in [-0.2, -0.15) is 0 Å². The number of methoxy groups -OCH3 is 1. The van der Waals surface area contributed by atoms with E-state index in [1.165, 1.54) is 6.20 Å². The standard InChI is InChI=1S/C15H11ClN2O/c1-19-14-8-12-13(18-15(16)9-17-12)7-11(14)10-5-3-2-4-6-10/h2-9H,1H3. The lowest BCUT2D eigenvalue weighted by molar-refractivity contribution is 0.417. The summed E-state index contributed by atoms with van der Waals surface area (Å²) in [4.78, 5) is 8.53. The van der Waals surface area contributed by atoms with Crippen molar-refractivity contribution in [3.63, 3.8) is 0 Å². The lowest BCUT2D eigenvalue weighted by Gasteiger charge is -2.10. The first-order valence-corrected chi connectivity index (χ1v) is 6.21. The van der Waals surface area contributed by atoms with Crippen LogP contribution in [0.25, 0.3) is 22.2 Å². The van der Waals surface area contributed by atoms with E-state index < -0.39 is 0 Å². The minimum atomic E-state index is 0.386. The fourth-order valence-electron chi connectivity index (χ4n) is 2.03. The van der Waals surface area contributed by atoms with Crippen LogP contribution >= 0.6 is 11.6 Å². The maximum Gasteiger partial charge on any atom is 0.148 e. The van der Waals surface area contributed by atoms with E-state index in [1.54, 1.807) is 7.11 Å². The molecular formula is C15H11ClN2O. The molecule has 1 aromatic heterocycles. The quantitative estimate of drug-likeness (QED) is 0.707. The summed E-state index contributed by atoms with van der Waals surface area (Å²) in [6, 6.07) is 13.8. The Morgan fingerprint density at radius 1 is 1.05 bits per heavy atom. The lowest BCUT2D eigenvalue weighted by atomic mass is 10.0. The number of rotatable bonds is 2. The predicted molar refractivity (Wildman–Crippen MR) is 76.5 cm³/mol. The Labute approximate surface area is 115 Å². The average molecular weight is 271 g/mol. The van der Waals surface area contributed by atoms with Gasteiger partial charge in [0.25, 0.3) is 0 Å². The highest BCUT2D eigenvalue weighted by molar-refractivity contribution is 6.29. The zero-order chi connectivity index (χ0) is 13.2. The van der Waals surface area contributed by atoms with Crippen LogP contribution in [0.1, 0.15) is 0 Å². The zero-order valence-electron chi connectivity index (χ0n) is 10.3. The van der Waals surface area contributed by atoms with Crippen molar-refractivity contribution >= 4 is 22.6 Å². The highest BCUT2D eigenvalue weighted by atomic mass is 35.5. The molecule has 0 spiro atoms. The highest BCUT2D eigenvalue weighted by Crippen LogP contribution is 2.33. The number of benzene rings is 2. The molecule has 0 fully saturated rings. The van der Waals surface area contributed by atoms with Gasteiger partial charge in [-0.1, -0.05) is 41.9 Å². The highest BCUT2D eigenvalue weighted by Gasteiger charge is 2.09. The fraction of sp³-hybridized carbons (Fsp3) is 0.0667. The first-order chi connectivity index (χ1) is 9.28. The van der Waals surface area contributed by atoms with Crippen molar-refractivity contribution in [1.29, 1.82) is 0 Å². The first kappa shape index (κ1) is 11.9. The molecule has 2 aromatic carbocycles. The summed E-state index contributed by atoms with van der Waals surface area (Å²) in [6.45, 7) is 0. The third kappa shape index (κ3) is 2.25. The topological polar surface area (TPSA) is 35.0 Å². The van der Waals surface area contributed by atoms with Gasteiger partial charge in [-0.3, -0.25) is 4.98 Å². The summed E-state index contributed by atoms with van der Waals surface area (Å²) in [6.07, 6.45) is 1.53. The number of hydrogen-bond donors (Lipinski definition) is 0. The summed E-state index contributed by atoms with van der Waals surface area (Å²) in [5.41, 5.74) is 3.57. The Bertz CT molecular complexity index is 729. The minimum absolute atomic E-state index is 0.386. The van der Waals surface area contributed by atoms with Crippen LogP contribution in [-0.4, -0.2) is 17.1 Å². The van der Waals surface area contributed by atoms with Gasteiger partial charge in [0.15, 0.2) is 0 Å². The summed E-state index contributed by atoms with van der Waals surface area (Å²) < 4.78 is 5.44. The van der Waals surface area contributed by atoms with E-state index in [1.807, 2.05) is 42.5 Å². The number of ether oxygens (including phenoxy) is 1. The molecule has 0 atom stereocenters. The summed E-state index contributed by atoms with van der Waals surface area (Å²) >= 11 is 5.89. The van der Waals surface area contributed by atoms with Crippen LogP contribution in [0.3, 0.4) is 0 Å². The van der Waals surface area contributed by atoms with Crippen molar-refractivity contribution in [2.24, 2.45) is 0 Å². The third-order valence-corrected chi connectivity index (χ3v) is 3.10. The molecule has 4 heteroatoms. The van der Waals surface area contributed by atoms with Crippen molar-refractivity contribution < 1.29 is 4.74 Å². The van der Waals surface area contributed by atoms with E-state index >= 15 is 0 Å². The first-order valence-electron chi connectivity index (χ1n) is 5.83. The molecule has 19 heavy (non-hydrogen) atoms. The van der Waals surface area contributed by atoms with Crippen LogP contribution in [-0.2, 0) is 0 Å². The Kier molecular flexibility index (Phi) is 3.05. The smallest absolute Gasteiger partial charge is 0.148 e. The molecule has 0 N–H and O–H groups in total. The van der Waals surface area contributed by atoms with Crippen molar-refractivity contribution in [2.75, 3.05) is 7.11 Å².